The highest BCUT2D eigenvalue weighted by Gasteiger charge is 2.14. The third-order valence-electron chi connectivity index (χ3n) is 7.25. The average Bonchev–Trinajstić information content (AvgIpc) is 3.41. The Morgan fingerprint density at radius 3 is 2.23 bits per heavy atom. The lowest BCUT2D eigenvalue weighted by Crippen LogP contribution is -2.43. The van der Waals surface area contributed by atoms with Gasteiger partial charge in [0.2, 0.25) is 0 Å². The highest BCUT2D eigenvalue weighted by molar-refractivity contribution is 5.99. The number of likely N-dealkylation sites (N-methyl/N-ethyl adjacent to an activating group) is 1. The smallest absolute Gasteiger partial charge is 0.255 e. The van der Waals surface area contributed by atoms with Crippen LogP contribution in [0.5, 0.6) is 0 Å². The van der Waals surface area contributed by atoms with E-state index in [1.54, 1.807) is 23.1 Å². The minimum Gasteiger partial charge on any atom is -0.383 e. The summed E-state index contributed by atoms with van der Waals surface area (Å²) in [6, 6.07) is 19.0. The standard InChI is InChI=1S/C31H37N7O2/c1-36-12-14-38(15-13-36)20-23-3-7-25(8-4-23)26-9-5-24(6-10-26)22-40-16-11-33-31(39)29-17-27(18-34-30(29)32)28-19-35-37(2)21-28/h3-10,17-19,21H,11-16,20,22H2,1-2H3,(H2,32,34)(H,33,39). The lowest BCUT2D eigenvalue weighted by Gasteiger charge is -2.32. The number of hydrogen-bond donors (Lipinski definition) is 2. The number of ether oxygens (including phenoxy) is 1. The molecule has 4 aromatic rings. The predicted octanol–water partition coefficient (Wildman–Crippen LogP) is 3.43. The number of hydrogen-bond acceptors (Lipinski definition) is 7. The van der Waals surface area contributed by atoms with E-state index < -0.39 is 0 Å². The fourth-order valence-corrected chi connectivity index (χ4v) is 4.77. The molecule has 2 aromatic carbocycles. The van der Waals surface area contributed by atoms with Crippen molar-refractivity contribution in [2.45, 2.75) is 13.2 Å². The van der Waals surface area contributed by atoms with Gasteiger partial charge in [-0.3, -0.25) is 14.4 Å². The first-order valence-corrected chi connectivity index (χ1v) is 13.6. The van der Waals surface area contributed by atoms with Crippen LogP contribution in [0.4, 0.5) is 5.82 Å². The van der Waals surface area contributed by atoms with Gasteiger partial charge in [0.25, 0.3) is 5.91 Å². The molecular formula is C31H37N7O2. The SMILES string of the molecule is CN1CCN(Cc2ccc(-c3ccc(COCCNC(=O)c4cc(-c5cnn(C)c5)cnc4N)cc3)cc2)CC1. The molecule has 1 amide bonds. The first-order valence-electron chi connectivity index (χ1n) is 13.6. The monoisotopic (exact) mass is 539 g/mol. The second kappa shape index (κ2) is 12.9. The Balaban J connectivity index is 1.05. The Morgan fingerprint density at radius 1 is 0.900 bits per heavy atom. The third-order valence-corrected chi connectivity index (χ3v) is 7.25. The van der Waals surface area contributed by atoms with E-state index >= 15 is 0 Å². The molecular weight excluding hydrogens is 502 g/mol. The molecule has 1 aliphatic heterocycles. The summed E-state index contributed by atoms with van der Waals surface area (Å²) in [5, 5.41) is 7.03. The second-order valence-corrected chi connectivity index (χ2v) is 10.3. The fraction of sp³-hybridized carbons (Fsp3) is 0.323. The Hall–Kier alpha value is -4.05. The molecule has 0 unspecified atom stereocenters. The highest BCUT2D eigenvalue weighted by Crippen LogP contribution is 2.22. The quantitative estimate of drug-likeness (QED) is 0.298. The lowest BCUT2D eigenvalue weighted by atomic mass is 10.0. The van der Waals surface area contributed by atoms with Crippen LogP contribution in [0, 0.1) is 0 Å². The summed E-state index contributed by atoms with van der Waals surface area (Å²) >= 11 is 0. The van der Waals surface area contributed by atoms with Gasteiger partial charge < -0.3 is 20.7 Å². The first-order chi connectivity index (χ1) is 19.4. The van der Waals surface area contributed by atoms with E-state index in [-0.39, 0.29) is 11.7 Å². The third kappa shape index (κ3) is 7.12. The van der Waals surface area contributed by atoms with E-state index in [9.17, 15) is 4.79 Å². The van der Waals surface area contributed by atoms with Crippen LogP contribution in [0.1, 0.15) is 21.5 Å². The summed E-state index contributed by atoms with van der Waals surface area (Å²) in [5.41, 5.74) is 12.8. The first kappa shape index (κ1) is 27.5. The maximum Gasteiger partial charge on any atom is 0.255 e. The summed E-state index contributed by atoms with van der Waals surface area (Å²) in [5.74, 6) is -0.0888. The van der Waals surface area contributed by atoms with E-state index in [1.165, 1.54) is 16.7 Å². The van der Waals surface area contributed by atoms with Gasteiger partial charge in [-0.2, -0.15) is 5.10 Å². The van der Waals surface area contributed by atoms with Crippen LogP contribution in [0.2, 0.25) is 0 Å². The number of nitrogen functional groups attached to an aromatic ring is 1. The Morgan fingerprint density at radius 2 is 1.57 bits per heavy atom. The molecule has 1 aliphatic rings. The van der Waals surface area contributed by atoms with Crippen molar-refractivity contribution >= 4 is 11.7 Å². The molecule has 5 rings (SSSR count). The number of pyridine rings is 1. The van der Waals surface area contributed by atoms with Crippen molar-refractivity contribution in [2.75, 3.05) is 52.1 Å². The minimum atomic E-state index is -0.279. The van der Waals surface area contributed by atoms with Gasteiger partial charge in [0.15, 0.2) is 0 Å². The number of aromatic nitrogens is 3. The van der Waals surface area contributed by atoms with Gasteiger partial charge in [0.05, 0.1) is 25.0 Å². The molecule has 40 heavy (non-hydrogen) atoms. The molecule has 0 saturated carbocycles. The summed E-state index contributed by atoms with van der Waals surface area (Å²) < 4.78 is 7.49. The van der Waals surface area contributed by atoms with Crippen molar-refractivity contribution < 1.29 is 9.53 Å². The molecule has 2 aromatic heterocycles. The molecule has 208 valence electrons. The van der Waals surface area contributed by atoms with Crippen molar-refractivity contribution in [1.29, 1.82) is 0 Å². The average molecular weight is 540 g/mol. The number of nitrogens with one attached hydrogen (secondary N) is 1. The second-order valence-electron chi connectivity index (χ2n) is 10.3. The maximum atomic E-state index is 12.7. The maximum absolute atomic E-state index is 12.7. The number of anilines is 1. The molecule has 3 heterocycles. The van der Waals surface area contributed by atoms with Gasteiger partial charge in [-0.15, -0.1) is 0 Å². The van der Waals surface area contributed by atoms with Crippen molar-refractivity contribution in [3.8, 4) is 22.3 Å². The summed E-state index contributed by atoms with van der Waals surface area (Å²) in [7, 11) is 4.02. The van der Waals surface area contributed by atoms with Crippen LogP contribution in [-0.2, 0) is 24.9 Å². The van der Waals surface area contributed by atoms with Crippen molar-refractivity contribution in [2.24, 2.45) is 7.05 Å². The zero-order valence-corrected chi connectivity index (χ0v) is 23.2. The molecule has 0 radical (unpaired) electrons. The largest absolute Gasteiger partial charge is 0.383 e. The number of carbonyl (C=O) groups excluding carboxylic acids is 1. The summed E-state index contributed by atoms with van der Waals surface area (Å²) in [4.78, 5) is 21.8. The molecule has 1 saturated heterocycles. The van der Waals surface area contributed by atoms with Gasteiger partial charge in [0, 0.05) is 69.8 Å². The van der Waals surface area contributed by atoms with Crippen molar-refractivity contribution in [3.63, 3.8) is 0 Å². The molecule has 3 N–H and O–H groups in total. The number of aryl methyl sites for hydroxylation is 1. The normalized spacial score (nSPS) is 14.3. The topological polar surface area (TPSA) is 102 Å². The minimum absolute atomic E-state index is 0.191. The highest BCUT2D eigenvalue weighted by atomic mass is 16.5. The van der Waals surface area contributed by atoms with E-state index in [2.05, 4.69) is 80.8 Å². The Kier molecular flexibility index (Phi) is 8.85. The Bertz CT molecular complexity index is 1410. The predicted molar refractivity (Wildman–Crippen MR) is 157 cm³/mol. The van der Waals surface area contributed by atoms with Crippen LogP contribution >= 0.6 is 0 Å². The number of piperazine rings is 1. The van der Waals surface area contributed by atoms with Crippen LogP contribution in [0.25, 0.3) is 22.3 Å². The van der Waals surface area contributed by atoms with E-state index in [0.29, 0.717) is 25.3 Å². The van der Waals surface area contributed by atoms with E-state index in [1.807, 2.05) is 13.2 Å². The zero-order valence-electron chi connectivity index (χ0n) is 23.2. The van der Waals surface area contributed by atoms with Crippen LogP contribution in [0.15, 0.2) is 73.2 Å². The zero-order chi connectivity index (χ0) is 27.9. The summed E-state index contributed by atoms with van der Waals surface area (Å²) in [6.07, 6.45) is 5.23. The van der Waals surface area contributed by atoms with Gasteiger partial charge in [-0.25, -0.2) is 4.98 Å². The van der Waals surface area contributed by atoms with Crippen molar-refractivity contribution in [1.82, 2.24) is 29.9 Å². The number of rotatable bonds is 10. The molecule has 0 spiro atoms. The number of nitrogens with zero attached hydrogens (tertiary/aromatic N) is 5. The van der Waals surface area contributed by atoms with Crippen LogP contribution in [-0.4, -0.2) is 76.8 Å². The van der Waals surface area contributed by atoms with Gasteiger partial charge in [-0.05, 0) is 35.4 Å². The molecule has 9 heteroatoms. The van der Waals surface area contributed by atoms with Gasteiger partial charge >= 0.3 is 0 Å². The van der Waals surface area contributed by atoms with E-state index in [4.69, 9.17) is 10.5 Å². The molecule has 0 atom stereocenters. The lowest BCUT2D eigenvalue weighted by molar-refractivity contribution is 0.0901. The van der Waals surface area contributed by atoms with Crippen LogP contribution in [0.3, 0.4) is 0 Å². The molecule has 0 bridgehead atoms. The fourth-order valence-electron chi connectivity index (χ4n) is 4.77. The summed E-state index contributed by atoms with van der Waals surface area (Å²) in [6.45, 7) is 6.76. The van der Waals surface area contributed by atoms with Gasteiger partial charge in [0.1, 0.15) is 5.82 Å². The number of benzene rings is 2. The molecule has 0 aliphatic carbocycles. The van der Waals surface area contributed by atoms with Crippen LogP contribution < -0.4 is 11.1 Å². The number of carbonyl (C=O) groups is 1. The van der Waals surface area contributed by atoms with Crippen molar-refractivity contribution in [3.05, 3.63) is 89.9 Å². The van der Waals surface area contributed by atoms with Gasteiger partial charge in [-0.1, -0.05) is 48.5 Å². The number of nitrogens with two attached hydrogens (primary N) is 1. The molecule has 9 nitrogen and oxygen atoms in total. The number of amides is 1. The van der Waals surface area contributed by atoms with E-state index in [0.717, 1.165) is 49.4 Å². The molecule has 1 fully saturated rings. The Labute approximate surface area is 235 Å².